The van der Waals surface area contributed by atoms with E-state index in [1.54, 1.807) is 4.90 Å². The van der Waals surface area contributed by atoms with Crippen molar-refractivity contribution in [3.05, 3.63) is 48.7 Å². The molecule has 0 saturated carbocycles. The molecule has 1 aliphatic rings. The van der Waals surface area contributed by atoms with Crippen molar-refractivity contribution in [3.8, 4) is 0 Å². The Morgan fingerprint density at radius 3 is 2.52 bits per heavy atom. The quantitative estimate of drug-likeness (QED) is 0.631. The first-order valence-corrected chi connectivity index (χ1v) is 6.97. The number of hydrogen-bond acceptors (Lipinski definition) is 4. The Bertz CT molecular complexity index is 492. The first kappa shape index (κ1) is 15.1. The highest BCUT2D eigenvalue weighted by Gasteiger charge is 2.28. The van der Waals surface area contributed by atoms with Crippen LogP contribution >= 0.6 is 0 Å². The lowest BCUT2D eigenvalue weighted by atomic mass is 9.97. The number of esters is 1. The fourth-order valence-corrected chi connectivity index (χ4v) is 2.29. The maximum absolute atomic E-state index is 11.9. The molecule has 1 amide bonds. The zero-order chi connectivity index (χ0) is 15.1. The van der Waals surface area contributed by atoms with Gasteiger partial charge in [-0.15, -0.1) is 0 Å². The summed E-state index contributed by atoms with van der Waals surface area (Å²) < 4.78 is 10.0. The minimum atomic E-state index is -0.339. The summed E-state index contributed by atoms with van der Waals surface area (Å²) in [5.41, 5.74) is 0.954. The lowest BCUT2D eigenvalue weighted by Gasteiger charge is -2.29. The average Bonchev–Trinajstić information content (AvgIpc) is 2.54. The average molecular weight is 289 g/mol. The number of hydrogen-bond donors (Lipinski definition) is 0. The molecule has 0 aromatic heterocycles. The van der Waals surface area contributed by atoms with Gasteiger partial charge < -0.3 is 14.4 Å². The second-order valence-electron chi connectivity index (χ2n) is 4.91. The van der Waals surface area contributed by atoms with Crippen molar-refractivity contribution in [1.29, 1.82) is 0 Å². The fraction of sp³-hybridized carbons (Fsp3) is 0.375. The van der Waals surface area contributed by atoms with Gasteiger partial charge in [0.2, 0.25) is 0 Å². The van der Waals surface area contributed by atoms with Crippen LogP contribution in [0.4, 0.5) is 4.79 Å². The summed E-state index contributed by atoms with van der Waals surface area (Å²) >= 11 is 0. The van der Waals surface area contributed by atoms with Gasteiger partial charge in [0.1, 0.15) is 6.61 Å². The number of nitrogens with zero attached hydrogens (tertiary/aromatic N) is 1. The van der Waals surface area contributed by atoms with Crippen molar-refractivity contribution >= 4 is 12.1 Å². The number of rotatable bonds is 4. The topological polar surface area (TPSA) is 55.8 Å². The third-order valence-corrected chi connectivity index (χ3v) is 3.49. The minimum Gasteiger partial charge on any atom is -0.445 e. The van der Waals surface area contributed by atoms with Crippen molar-refractivity contribution in [2.75, 3.05) is 13.1 Å². The molecule has 21 heavy (non-hydrogen) atoms. The van der Waals surface area contributed by atoms with Gasteiger partial charge in [0.05, 0.1) is 12.2 Å². The molecule has 5 heteroatoms. The molecular formula is C16H19NO4. The number of ether oxygens (including phenoxy) is 2. The smallest absolute Gasteiger partial charge is 0.410 e. The molecule has 112 valence electrons. The van der Waals surface area contributed by atoms with Crippen LogP contribution in [0.1, 0.15) is 18.4 Å². The summed E-state index contributed by atoms with van der Waals surface area (Å²) in [6.45, 7) is 4.64. The Morgan fingerprint density at radius 2 is 1.90 bits per heavy atom. The summed E-state index contributed by atoms with van der Waals surface area (Å²) in [7, 11) is 0. The van der Waals surface area contributed by atoms with Gasteiger partial charge >= 0.3 is 12.1 Å². The van der Waals surface area contributed by atoms with E-state index >= 15 is 0 Å². The highest BCUT2D eigenvalue weighted by Crippen LogP contribution is 2.19. The Balaban J connectivity index is 1.75. The maximum Gasteiger partial charge on any atom is 0.410 e. The molecule has 1 aromatic rings. The van der Waals surface area contributed by atoms with Crippen molar-refractivity contribution in [2.45, 2.75) is 19.4 Å². The molecule has 1 aromatic carbocycles. The van der Waals surface area contributed by atoms with E-state index in [0.29, 0.717) is 25.9 Å². The molecule has 0 unspecified atom stereocenters. The predicted molar refractivity (Wildman–Crippen MR) is 77.2 cm³/mol. The number of benzene rings is 1. The molecule has 1 aliphatic heterocycles. The van der Waals surface area contributed by atoms with Crippen molar-refractivity contribution in [2.24, 2.45) is 5.92 Å². The van der Waals surface area contributed by atoms with Gasteiger partial charge in [-0.1, -0.05) is 36.9 Å². The highest BCUT2D eigenvalue weighted by atomic mass is 16.6. The monoisotopic (exact) mass is 289 g/mol. The first-order valence-electron chi connectivity index (χ1n) is 6.97. The standard InChI is InChI=1S/C16H19NO4/c1-2-20-15(18)14-8-10-17(11-9-14)16(19)21-12-13-6-4-3-5-7-13/h2-7,14H,1,8-12H2. The third-order valence-electron chi connectivity index (χ3n) is 3.49. The highest BCUT2D eigenvalue weighted by molar-refractivity contribution is 5.74. The number of likely N-dealkylation sites (tertiary alicyclic amines) is 1. The predicted octanol–water partition coefficient (Wildman–Crippen LogP) is 2.72. The van der Waals surface area contributed by atoms with Crippen LogP contribution in [0.3, 0.4) is 0 Å². The molecule has 2 rings (SSSR count). The van der Waals surface area contributed by atoms with Crippen LogP contribution in [0.25, 0.3) is 0 Å². The summed E-state index contributed by atoms with van der Waals surface area (Å²) in [6, 6.07) is 9.54. The molecule has 0 bridgehead atoms. The first-order chi connectivity index (χ1) is 10.2. The summed E-state index contributed by atoms with van der Waals surface area (Å²) in [4.78, 5) is 25.1. The molecule has 1 heterocycles. The number of piperidine rings is 1. The summed E-state index contributed by atoms with van der Waals surface area (Å²) in [6.07, 6.45) is 1.98. The number of carbonyl (C=O) groups is 2. The Hall–Kier alpha value is -2.30. The van der Waals surface area contributed by atoms with E-state index in [-0.39, 0.29) is 24.6 Å². The molecule has 5 nitrogen and oxygen atoms in total. The second kappa shape index (κ2) is 7.47. The summed E-state index contributed by atoms with van der Waals surface area (Å²) in [5, 5.41) is 0. The van der Waals surface area contributed by atoms with E-state index < -0.39 is 0 Å². The molecule has 0 radical (unpaired) electrons. The van der Waals surface area contributed by atoms with Gasteiger partial charge in [-0.05, 0) is 18.4 Å². The zero-order valence-electron chi connectivity index (χ0n) is 11.9. The normalized spacial score (nSPS) is 15.3. The van der Waals surface area contributed by atoms with E-state index in [4.69, 9.17) is 9.47 Å². The van der Waals surface area contributed by atoms with E-state index in [1.807, 2.05) is 30.3 Å². The van der Waals surface area contributed by atoms with Gasteiger partial charge in [0.15, 0.2) is 0 Å². The van der Waals surface area contributed by atoms with Crippen LogP contribution < -0.4 is 0 Å². The SMILES string of the molecule is C=COC(=O)C1CCN(C(=O)OCc2ccccc2)CC1. The molecule has 0 aliphatic carbocycles. The second-order valence-corrected chi connectivity index (χ2v) is 4.91. The molecule has 1 fully saturated rings. The van der Waals surface area contributed by atoms with Crippen LogP contribution in [-0.4, -0.2) is 30.1 Å². The lowest BCUT2D eigenvalue weighted by molar-refractivity contribution is -0.144. The van der Waals surface area contributed by atoms with Crippen LogP contribution in [0, 0.1) is 5.92 Å². The summed E-state index contributed by atoms with van der Waals surface area (Å²) in [5.74, 6) is -0.441. The lowest BCUT2D eigenvalue weighted by Crippen LogP contribution is -2.40. The van der Waals surface area contributed by atoms with E-state index in [1.165, 1.54) is 0 Å². The Morgan fingerprint density at radius 1 is 1.24 bits per heavy atom. The van der Waals surface area contributed by atoms with Gasteiger partial charge in [-0.25, -0.2) is 4.79 Å². The fourth-order valence-electron chi connectivity index (χ4n) is 2.29. The van der Waals surface area contributed by atoms with Crippen molar-refractivity contribution in [3.63, 3.8) is 0 Å². The molecule has 1 saturated heterocycles. The van der Waals surface area contributed by atoms with Gasteiger partial charge in [-0.3, -0.25) is 4.79 Å². The van der Waals surface area contributed by atoms with Gasteiger partial charge in [0.25, 0.3) is 0 Å². The molecule has 0 N–H and O–H groups in total. The Kier molecular flexibility index (Phi) is 5.37. The van der Waals surface area contributed by atoms with Crippen LogP contribution in [-0.2, 0) is 20.9 Å². The van der Waals surface area contributed by atoms with Gasteiger partial charge in [0, 0.05) is 13.1 Å². The molecule has 0 atom stereocenters. The largest absolute Gasteiger partial charge is 0.445 e. The Labute approximate surface area is 124 Å². The van der Waals surface area contributed by atoms with Crippen LogP contribution in [0.15, 0.2) is 43.2 Å². The maximum atomic E-state index is 11.9. The number of amides is 1. The van der Waals surface area contributed by atoms with Crippen LogP contribution in [0.5, 0.6) is 0 Å². The van der Waals surface area contributed by atoms with Gasteiger partial charge in [-0.2, -0.15) is 0 Å². The van der Waals surface area contributed by atoms with E-state index in [0.717, 1.165) is 11.8 Å². The molecule has 0 spiro atoms. The van der Waals surface area contributed by atoms with E-state index in [9.17, 15) is 9.59 Å². The minimum absolute atomic E-state index is 0.166. The zero-order valence-corrected chi connectivity index (χ0v) is 11.9. The molecular weight excluding hydrogens is 270 g/mol. The van der Waals surface area contributed by atoms with Crippen molar-refractivity contribution < 1.29 is 19.1 Å². The van der Waals surface area contributed by atoms with Crippen molar-refractivity contribution in [1.82, 2.24) is 4.90 Å². The van der Waals surface area contributed by atoms with E-state index in [2.05, 4.69) is 6.58 Å². The number of carbonyl (C=O) groups excluding carboxylic acids is 2. The third kappa shape index (κ3) is 4.34. The van der Waals surface area contributed by atoms with Crippen LogP contribution in [0.2, 0.25) is 0 Å².